The van der Waals surface area contributed by atoms with Crippen LogP contribution in [0.2, 0.25) is 0 Å². The van der Waals surface area contributed by atoms with E-state index in [0.717, 1.165) is 193 Å². The van der Waals surface area contributed by atoms with Crippen LogP contribution in [0.25, 0.3) is 0 Å². The van der Waals surface area contributed by atoms with Crippen LogP contribution < -0.4 is 0 Å². The summed E-state index contributed by atoms with van der Waals surface area (Å²) in [5, 5.41) is 10.7. The second kappa shape index (κ2) is 80.5. The predicted octanol–water partition coefficient (Wildman–Crippen LogP) is 25.5. The molecule has 3 N–H and O–H groups in total. The highest BCUT2D eigenvalue weighted by Crippen LogP contribution is 2.45. The minimum Gasteiger partial charge on any atom is -0.462 e. The van der Waals surface area contributed by atoms with E-state index in [1.165, 1.54) is 89.9 Å². The predicted molar refractivity (Wildman–Crippen MR) is 445 cm³/mol. The first-order valence-corrected chi connectivity index (χ1v) is 45.8. The molecule has 0 aromatic rings. The van der Waals surface area contributed by atoms with Crippen molar-refractivity contribution < 1.29 is 80.2 Å². The number of unbranched alkanes of at least 4 members (excludes halogenated alkanes) is 34. The van der Waals surface area contributed by atoms with Gasteiger partial charge in [0.1, 0.15) is 19.3 Å². The molecule has 19 heteroatoms. The van der Waals surface area contributed by atoms with E-state index < -0.39 is 97.5 Å². The zero-order valence-corrected chi connectivity index (χ0v) is 70.0. The number of aliphatic hydroxyl groups is 1. The van der Waals surface area contributed by atoms with Crippen LogP contribution in [0.1, 0.15) is 362 Å². The van der Waals surface area contributed by atoms with E-state index in [2.05, 4.69) is 149 Å². The summed E-state index contributed by atoms with van der Waals surface area (Å²) in [5.74, 6) is -2.21. The normalized spacial score (nSPS) is 14.4. The molecular weight excluding hydrogens is 1400 g/mol. The molecule has 0 heterocycles. The molecule has 0 aliphatic carbocycles. The number of ether oxygens (including phenoxy) is 4. The molecule has 108 heavy (non-hydrogen) atoms. The summed E-state index contributed by atoms with van der Waals surface area (Å²) in [6, 6.07) is 0. The fourth-order valence-corrected chi connectivity index (χ4v) is 13.0. The quantitative estimate of drug-likeness (QED) is 0.0169. The van der Waals surface area contributed by atoms with Crippen LogP contribution in [-0.4, -0.2) is 96.7 Å². The van der Waals surface area contributed by atoms with Gasteiger partial charge in [-0.1, -0.05) is 316 Å². The summed E-state index contributed by atoms with van der Waals surface area (Å²) < 4.78 is 68.8. The van der Waals surface area contributed by atoms with E-state index in [9.17, 15) is 43.2 Å². The zero-order chi connectivity index (χ0) is 78.9. The number of rotatable bonds is 80. The van der Waals surface area contributed by atoms with E-state index in [0.29, 0.717) is 25.7 Å². The number of carbonyl (C=O) groups is 4. The maximum absolute atomic E-state index is 13.1. The first-order valence-electron chi connectivity index (χ1n) is 42.8. The molecule has 0 saturated heterocycles. The summed E-state index contributed by atoms with van der Waals surface area (Å²) >= 11 is 0. The highest BCUT2D eigenvalue weighted by molar-refractivity contribution is 7.47. The minimum atomic E-state index is -4.99. The highest BCUT2D eigenvalue weighted by Gasteiger charge is 2.30. The molecule has 0 saturated carbocycles. The average Bonchev–Trinajstić information content (AvgIpc) is 0.905. The maximum Gasteiger partial charge on any atom is 0.472 e. The molecule has 5 unspecified atom stereocenters. The largest absolute Gasteiger partial charge is 0.472 e. The molecule has 0 fully saturated rings. The van der Waals surface area contributed by atoms with Gasteiger partial charge in [-0.25, -0.2) is 9.13 Å². The standard InChI is InChI=1S/C89H154O17P2/c1-5-9-13-17-21-25-29-33-36-39-41-44-46-50-53-57-61-65-69-73-86(91)99-79-84(105-88(93)75-71-67-63-59-55-49-32-28-24-20-16-12-8-4)81-103-107(95,96)101-77-83(90)78-102-108(97,98)104-82-85(106-89(94)76-72-68-64-60-56-52-48-43-38-35-31-27-23-19-15-11-7-3)80-100-87(92)74-70-66-62-58-54-51-47-45-42-40-37-34-30-26-22-18-14-10-6-2/h11,15,21-23,25-27,33-38,41-42,44-45,48,52,83-85,90H,5-10,12-14,16-20,24,28-32,39-40,43,46-47,49-51,53-82H2,1-4H3,(H,95,96)(H,97,98)/b15-11-,25-21-,26-22-,27-23-,36-33-,37-34-,38-35-,44-41-,45-42-,52-48-. The van der Waals surface area contributed by atoms with Gasteiger partial charge >= 0.3 is 39.5 Å². The lowest BCUT2D eigenvalue weighted by atomic mass is 10.0. The molecule has 0 radical (unpaired) electrons. The third-order valence-electron chi connectivity index (χ3n) is 17.9. The van der Waals surface area contributed by atoms with Gasteiger partial charge in [-0.2, -0.15) is 0 Å². The number of hydrogen-bond donors (Lipinski definition) is 3. The number of esters is 4. The number of aliphatic hydroxyl groups excluding tert-OH is 1. The third kappa shape index (κ3) is 79.5. The second-order valence-corrected chi connectivity index (χ2v) is 31.3. The molecule has 0 aromatic carbocycles. The molecule has 0 aliphatic heterocycles. The topological polar surface area (TPSA) is 237 Å². The van der Waals surface area contributed by atoms with Crippen molar-refractivity contribution >= 4 is 39.5 Å². The Kier molecular flexibility index (Phi) is 77.1. The van der Waals surface area contributed by atoms with Crippen molar-refractivity contribution in [1.29, 1.82) is 0 Å². The smallest absolute Gasteiger partial charge is 0.462 e. The van der Waals surface area contributed by atoms with Gasteiger partial charge in [0, 0.05) is 25.7 Å². The van der Waals surface area contributed by atoms with Gasteiger partial charge in [-0.15, -0.1) is 0 Å². The van der Waals surface area contributed by atoms with Crippen LogP contribution >= 0.6 is 15.6 Å². The average molecular weight is 1560 g/mol. The Morgan fingerprint density at radius 2 is 0.481 bits per heavy atom. The Bertz CT molecular complexity index is 2520. The number of carbonyl (C=O) groups excluding carboxylic acids is 4. The summed E-state index contributed by atoms with van der Waals surface area (Å²) in [5.41, 5.74) is 0. The summed E-state index contributed by atoms with van der Waals surface area (Å²) in [7, 11) is -9.98. The highest BCUT2D eigenvalue weighted by atomic mass is 31.2. The van der Waals surface area contributed by atoms with E-state index >= 15 is 0 Å². The first kappa shape index (κ1) is 103. The molecule has 0 amide bonds. The molecule has 0 aliphatic rings. The Hall–Kier alpha value is -4.54. The molecule has 622 valence electrons. The second-order valence-electron chi connectivity index (χ2n) is 28.4. The van der Waals surface area contributed by atoms with Crippen molar-refractivity contribution in [3.63, 3.8) is 0 Å². The van der Waals surface area contributed by atoms with Gasteiger partial charge in [0.05, 0.1) is 26.4 Å². The van der Waals surface area contributed by atoms with Gasteiger partial charge in [0.2, 0.25) is 0 Å². The van der Waals surface area contributed by atoms with E-state index in [1.807, 2.05) is 0 Å². The zero-order valence-electron chi connectivity index (χ0n) is 68.2. The van der Waals surface area contributed by atoms with E-state index in [4.69, 9.17) is 37.0 Å². The Morgan fingerprint density at radius 1 is 0.269 bits per heavy atom. The van der Waals surface area contributed by atoms with Crippen molar-refractivity contribution in [3.8, 4) is 0 Å². The fourth-order valence-electron chi connectivity index (χ4n) is 11.4. The molecule has 0 rings (SSSR count). The van der Waals surface area contributed by atoms with Crippen molar-refractivity contribution in [2.45, 2.75) is 380 Å². The molecule has 17 nitrogen and oxygen atoms in total. The van der Waals surface area contributed by atoms with Gasteiger partial charge in [0.25, 0.3) is 0 Å². The van der Waals surface area contributed by atoms with Crippen molar-refractivity contribution in [2.75, 3.05) is 39.6 Å². The third-order valence-corrected chi connectivity index (χ3v) is 19.8. The maximum atomic E-state index is 13.1. The van der Waals surface area contributed by atoms with Gasteiger partial charge in [-0.3, -0.25) is 37.3 Å². The Morgan fingerprint density at radius 3 is 0.759 bits per heavy atom. The van der Waals surface area contributed by atoms with E-state index in [1.54, 1.807) is 0 Å². The lowest BCUT2D eigenvalue weighted by Gasteiger charge is -2.21. The summed E-state index contributed by atoms with van der Waals surface area (Å²) in [4.78, 5) is 73.2. The van der Waals surface area contributed by atoms with Gasteiger partial charge in [-0.05, 0) is 141 Å². The monoisotopic (exact) mass is 1560 g/mol. The molecule has 5 atom stereocenters. The number of phosphoric acid groups is 2. The van der Waals surface area contributed by atoms with Gasteiger partial charge in [0.15, 0.2) is 12.2 Å². The van der Waals surface area contributed by atoms with Crippen LogP contribution in [0.3, 0.4) is 0 Å². The lowest BCUT2D eigenvalue weighted by molar-refractivity contribution is -0.161. The van der Waals surface area contributed by atoms with Crippen molar-refractivity contribution in [2.24, 2.45) is 0 Å². The molecule has 0 aromatic heterocycles. The fraction of sp³-hybridized carbons (Fsp3) is 0.730. The van der Waals surface area contributed by atoms with Crippen LogP contribution in [0.4, 0.5) is 0 Å². The SMILES string of the molecule is CC/C=C\C/C=C\C/C=C\C/C=C\CCCCCCC(=O)OC(COC(=O)CCCCCCCC/C=C\C/C=C\C/C=C\CCCCC)COP(=O)(O)OCC(O)COP(=O)(O)OCC(COC(=O)CCCCCCCC/C=C\C/C=C\C/C=C\CCCCC)OC(=O)CCCCCCCCCCCCCCC. The molecular formula is C89H154O17P2. The first-order chi connectivity index (χ1) is 52.7. The lowest BCUT2D eigenvalue weighted by Crippen LogP contribution is -2.30. The van der Waals surface area contributed by atoms with Crippen LogP contribution in [0, 0.1) is 0 Å². The number of allylic oxidation sites excluding steroid dienone is 20. The van der Waals surface area contributed by atoms with Crippen LogP contribution in [0.15, 0.2) is 122 Å². The van der Waals surface area contributed by atoms with E-state index in [-0.39, 0.29) is 25.7 Å². The summed E-state index contributed by atoms with van der Waals surface area (Å²) in [6.45, 7) is 4.70. The molecule has 0 spiro atoms. The minimum absolute atomic E-state index is 0.0622. The number of phosphoric ester groups is 2. The Balaban J connectivity index is 5.39. The Labute approximate surface area is 657 Å². The van der Waals surface area contributed by atoms with Crippen molar-refractivity contribution in [3.05, 3.63) is 122 Å². The number of hydrogen-bond acceptors (Lipinski definition) is 15. The molecule has 0 bridgehead atoms. The van der Waals surface area contributed by atoms with Crippen LogP contribution in [-0.2, 0) is 65.4 Å². The van der Waals surface area contributed by atoms with Crippen LogP contribution in [0.5, 0.6) is 0 Å². The van der Waals surface area contributed by atoms with Crippen molar-refractivity contribution in [1.82, 2.24) is 0 Å². The van der Waals surface area contributed by atoms with Gasteiger partial charge < -0.3 is 33.8 Å². The summed E-state index contributed by atoms with van der Waals surface area (Å²) in [6.07, 6.45) is 90.1.